The maximum absolute atomic E-state index is 5.99. The molecule has 92 valence electrons. The van der Waals surface area contributed by atoms with Crippen molar-refractivity contribution in [2.75, 3.05) is 13.1 Å². The van der Waals surface area contributed by atoms with Gasteiger partial charge in [0.2, 0.25) is 0 Å². The minimum atomic E-state index is 0.270. The van der Waals surface area contributed by atoms with Gasteiger partial charge in [-0.15, -0.1) is 0 Å². The monoisotopic (exact) mass is 223 g/mol. The van der Waals surface area contributed by atoms with Gasteiger partial charge in [-0.25, -0.2) is 0 Å². The van der Waals surface area contributed by atoms with E-state index in [1.54, 1.807) is 0 Å². The van der Waals surface area contributed by atoms with Crippen molar-refractivity contribution in [2.45, 2.75) is 52.0 Å². The summed E-state index contributed by atoms with van der Waals surface area (Å²) in [5.74, 6) is 2.41. The van der Waals surface area contributed by atoms with Crippen LogP contribution < -0.4 is 5.73 Å². The Kier molecular flexibility index (Phi) is 3.13. The lowest BCUT2D eigenvalue weighted by Crippen LogP contribution is -2.54. The molecule has 2 N–H and O–H groups in total. The molecule has 1 aliphatic carbocycles. The standard InChI is InChI=1S/C13H25N3/c1-4-16-12(14)15-9-13(16)7-5-6-11(8-13)10(2)3/h10-11H,4-9H2,1-3H3,(H2,14,15). The maximum atomic E-state index is 5.99. The van der Waals surface area contributed by atoms with Gasteiger partial charge in [-0.2, -0.15) is 0 Å². The predicted octanol–water partition coefficient (Wildman–Crippen LogP) is 2.22. The first-order valence-electron chi connectivity index (χ1n) is 6.66. The van der Waals surface area contributed by atoms with E-state index in [4.69, 9.17) is 5.73 Å². The van der Waals surface area contributed by atoms with Crippen molar-refractivity contribution in [2.24, 2.45) is 22.6 Å². The first-order chi connectivity index (χ1) is 7.59. The fourth-order valence-electron chi connectivity index (χ4n) is 3.48. The summed E-state index contributed by atoms with van der Waals surface area (Å²) < 4.78 is 0. The van der Waals surface area contributed by atoms with Crippen LogP contribution in [0, 0.1) is 11.8 Å². The number of nitrogens with zero attached hydrogens (tertiary/aromatic N) is 2. The van der Waals surface area contributed by atoms with Gasteiger partial charge in [0.25, 0.3) is 0 Å². The second-order valence-corrected chi connectivity index (χ2v) is 5.74. The summed E-state index contributed by atoms with van der Waals surface area (Å²) in [6, 6.07) is 0. The third kappa shape index (κ3) is 1.80. The van der Waals surface area contributed by atoms with Gasteiger partial charge < -0.3 is 10.6 Å². The molecule has 1 fully saturated rings. The average molecular weight is 223 g/mol. The Hall–Kier alpha value is -0.730. The van der Waals surface area contributed by atoms with Crippen molar-refractivity contribution in [3.8, 4) is 0 Å². The van der Waals surface area contributed by atoms with E-state index in [0.29, 0.717) is 0 Å². The fraction of sp³-hybridized carbons (Fsp3) is 0.923. The van der Waals surface area contributed by atoms with Crippen molar-refractivity contribution < 1.29 is 0 Å². The zero-order valence-corrected chi connectivity index (χ0v) is 10.9. The van der Waals surface area contributed by atoms with Crippen LogP contribution in [0.3, 0.4) is 0 Å². The molecule has 2 rings (SSSR count). The topological polar surface area (TPSA) is 41.6 Å². The summed E-state index contributed by atoms with van der Waals surface area (Å²) >= 11 is 0. The second-order valence-electron chi connectivity index (χ2n) is 5.74. The summed E-state index contributed by atoms with van der Waals surface area (Å²) in [4.78, 5) is 6.83. The molecule has 0 bridgehead atoms. The van der Waals surface area contributed by atoms with Crippen molar-refractivity contribution in [1.82, 2.24) is 4.90 Å². The zero-order chi connectivity index (χ0) is 11.8. The van der Waals surface area contributed by atoms with Gasteiger partial charge in [-0.05, 0) is 31.6 Å². The normalized spacial score (nSPS) is 34.9. The van der Waals surface area contributed by atoms with Crippen LogP contribution in [-0.2, 0) is 0 Å². The van der Waals surface area contributed by atoms with Gasteiger partial charge >= 0.3 is 0 Å². The van der Waals surface area contributed by atoms with Crippen LogP contribution in [0.4, 0.5) is 0 Å². The van der Waals surface area contributed by atoms with Crippen LogP contribution in [0.15, 0.2) is 4.99 Å². The molecule has 2 unspecified atom stereocenters. The number of aliphatic imine (C=N–C) groups is 1. The number of likely N-dealkylation sites (N-methyl/N-ethyl adjacent to an activating group) is 1. The first-order valence-corrected chi connectivity index (χ1v) is 6.66. The largest absolute Gasteiger partial charge is 0.370 e. The first kappa shape index (κ1) is 11.7. The molecule has 3 heteroatoms. The van der Waals surface area contributed by atoms with E-state index >= 15 is 0 Å². The Morgan fingerprint density at radius 3 is 2.94 bits per heavy atom. The van der Waals surface area contributed by atoms with E-state index in [9.17, 15) is 0 Å². The van der Waals surface area contributed by atoms with E-state index in [2.05, 4.69) is 30.7 Å². The SMILES string of the molecule is CCN1C(N)=NCC12CCCC(C(C)C)C2. The van der Waals surface area contributed by atoms with Crippen LogP contribution in [0.1, 0.15) is 46.5 Å². The molecule has 0 aromatic rings. The summed E-state index contributed by atoms with van der Waals surface area (Å²) in [6.07, 6.45) is 5.27. The Labute approximate surface area is 99.1 Å². The average Bonchev–Trinajstić information content (AvgIpc) is 2.55. The smallest absolute Gasteiger partial charge is 0.191 e. The highest BCUT2D eigenvalue weighted by Gasteiger charge is 2.45. The molecule has 2 aliphatic rings. The molecule has 1 spiro atoms. The summed E-state index contributed by atoms with van der Waals surface area (Å²) in [5.41, 5.74) is 6.26. The second kappa shape index (κ2) is 4.27. The molecular weight excluding hydrogens is 198 g/mol. The predicted molar refractivity (Wildman–Crippen MR) is 68.4 cm³/mol. The van der Waals surface area contributed by atoms with E-state index in [1.807, 2.05) is 0 Å². The Balaban J connectivity index is 2.13. The quantitative estimate of drug-likeness (QED) is 0.780. The Bertz CT molecular complexity index is 285. The molecule has 3 nitrogen and oxygen atoms in total. The molecule has 0 aromatic carbocycles. The van der Waals surface area contributed by atoms with Crippen LogP contribution >= 0.6 is 0 Å². The van der Waals surface area contributed by atoms with Gasteiger partial charge in [0, 0.05) is 6.54 Å². The van der Waals surface area contributed by atoms with E-state index < -0.39 is 0 Å². The molecule has 2 atom stereocenters. The molecule has 1 aliphatic heterocycles. The van der Waals surface area contributed by atoms with Crippen LogP contribution in [-0.4, -0.2) is 29.5 Å². The molecule has 0 radical (unpaired) electrons. The lowest BCUT2D eigenvalue weighted by molar-refractivity contribution is 0.0930. The molecule has 1 heterocycles. The number of guanidine groups is 1. The van der Waals surface area contributed by atoms with Crippen LogP contribution in [0.25, 0.3) is 0 Å². The number of hydrogen-bond donors (Lipinski definition) is 1. The van der Waals surface area contributed by atoms with Crippen molar-refractivity contribution in [3.63, 3.8) is 0 Å². The molecule has 16 heavy (non-hydrogen) atoms. The van der Waals surface area contributed by atoms with E-state index in [-0.39, 0.29) is 5.54 Å². The molecule has 0 amide bonds. The molecular formula is C13H25N3. The third-order valence-corrected chi connectivity index (χ3v) is 4.50. The van der Waals surface area contributed by atoms with E-state index in [1.165, 1.54) is 25.7 Å². The number of hydrogen-bond acceptors (Lipinski definition) is 3. The maximum Gasteiger partial charge on any atom is 0.191 e. The highest BCUT2D eigenvalue weighted by Crippen LogP contribution is 2.41. The van der Waals surface area contributed by atoms with Gasteiger partial charge in [-0.1, -0.05) is 26.7 Å². The number of rotatable bonds is 2. The molecule has 1 saturated carbocycles. The van der Waals surface area contributed by atoms with Gasteiger partial charge in [-0.3, -0.25) is 4.99 Å². The highest BCUT2D eigenvalue weighted by atomic mass is 15.4. The summed E-state index contributed by atoms with van der Waals surface area (Å²) in [6.45, 7) is 8.81. The molecule has 0 saturated heterocycles. The minimum Gasteiger partial charge on any atom is -0.370 e. The van der Waals surface area contributed by atoms with Gasteiger partial charge in [0.1, 0.15) is 0 Å². The van der Waals surface area contributed by atoms with Gasteiger partial charge in [0.05, 0.1) is 12.1 Å². The van der Waals surface area contributed by atoms with Gasteiger partial charge in [0.15, 0.2) is 5.96 Å². The Morgan fingerprint density at radius 2 is 2.31 bits per heavy atom. The summed E-state index contributed by atoms with van der Waals surface area (Å²) in [5, 5.41) is 0. The molecule has 0 aromatic heterocycles. The van der Waals surface area contributed by atoms with Crippen LogP contribution in [0.5, 0.6) is 0 Å². The minimum absolute atomic E-state index is 0.270. The van der Waals surface area contributed by atoms with Crippen molar-refractivity contribution in [3.05, 3.63) is 0 Å². The van der Waals surface area contributed by atoms with Crippen LogP contribution in [0.2, 0.25) is 0 Å². The third-order valence-electron chi connectivity index (χ3n) is 4.50. The zero-order valence-electron chi connectivity index (χ0n) is 10.9. The van der Waals surface area contributed by atoms with E-state index in [0.717, 1.165) is 30.9 Å². The summed E-state index contributed by atoms with van der Waals surface area (Å²) in [7, 11) is 0. The Morgan fingerprint density at radius 1 is 1.56 bits per heavy atom. The number of nitrogens with two attached hydrogens (primary N) is 1. The fourth-order valence-corrected chi connectivity index (χ4v) is 3.48. The lowest BCUT2D eigenvalue weighted by Gasteiger charge is -2.45. The van der Waals surface area contributed by atoms with Crippen molar-refractivity contribution >= 4 is 5.96 Å². The van der Waals surface area contributed by atoms with Crippen molar-refractivity contribution in [1.29, 1.82) is 0 Å². The highest BCUT2D eigenvalue weighted by molar-refractivity contribution is 5.81. The lowest BCUT2D eigenvalue weighted by atomic mass is 9.71.